The molecule has 4 nitrogen and oxygen atoms in total. The second-order valence-electron chi connectivity index (χ2n) is 5.17. The second kappa shape index (κ2) is 5.57. The lowest BCUT2D eigenvalue weighted by Crippen LogP contribution is -2.43. The second-order valence-corrected chi connectivity index (χ2v) is 5.17. The molecule has 1 aromatic rings. The van der Waals surface area contributed by atoms with Gasteiger partial charge < -0.3 is 15.1 Å². The molecule has 0 saturated carbocycles. The van der Waals surface area contributed by atoms with Crippen LogP contribution >= 0.6 is 0 Å². The van der Waals surface area contributed by atoms with Gasteiger partial charge in [0.2, 0.25) is 5.91 Å². The monoisotopic (exact) mass is 250 g/mol. The average Bonchev–Trinajstić information content (AvgIpc) is 3.00. The normalized spacial score (nSPS) is 25.0. The van der Waals surface area contributed by atoms with Gasteiger partial charge >= 0.3 is 0 Å². The van der Waals surface area contributed by atoms with Crippen LogP contribution in [0.5, 0.6) is 0 Å². The number of hydrogen-bond donors (Lipinski definition) is 2. The van der Waals surface area contributed by atoms with E-state index < -0.39 is 0 Å². The summed E-state index contributed by atoms with van der Waals surface area (Å²) in [5.41, 5.74) is -0.227. The highest BCUT2D eigenvalue weighted by Crippen LogP contribution is 2.32. The van der Waals surface area contributed by atoms with Crippen LogP contribution < -0.4 is 10.6 Å². The van der Waals surface area contributed by atoms with Crippen molar-refractivity contribution >= 4 is 5.91 Å². The molecule has 0 aliphatic carbocycles. The first-order valence-electron chi connectivity index (χ1n) is 6.73. The summed E-state index contributed by atoms with van der Waals surface area (Å²) in [6.45, 7) is 5.81. The Balaban J connectivity index is 2.01. The minimum Gasteiger partial charge on any atom is -0.467 e. The minimum absolute atomic E-state index is 0.0677. The first-order chi connectivity index (χ1) is 8.68. The van der Waals surface area contributed by atoms with Crippen molar-refractivity contribution in [1.29, 1.82) is 0 Å². The highest BCUT2D eigenvalue weighted by Gasteiger charge is 2.40. The molecule has 2 N–H and O–H groups in total. The first-order valence-corrected chi connectivity index (χ1v) is 6.73. The van der Waals surface area contributed by atoms with Gasteiger partial charge in [0.15, 0.2) is 0 Å². The van der Waals surface area contributed by atoms with Crippen LogP contribution in [0.4, 0.5) is 0 Å². The van der Waals surface area contributed by atoms with Crippen LogP contribution in [0.2, 0.25) is 0 Å². The van der Waals surface area contributed by atoms with Gasteiger partial charge in [0, 0.05) is 6.54 Å². The third-order valence-corrected chi connectivity index (χ3v) is 3.77. The lowest BCUT2D eigenvalue weighted by Gasteiger charge is -2.28. The van der Waals surface area contributed by atoms with Crippen molar-refractivity contribution in [1.82, 2.24) is 10.6 Å². The fourth-order valence-corrected chi connectivity index (χ4v) is 2.70. The first kappa shape index (κ1) is 13.1. The molecule has 0 bridgehead atoms. The lowest BCUT2D eigenvalue weighted by molar-refractivity contribution is -0.131. The highest BCUT2D eigenvalue weighted by molar-refractivity contribution is 5.83. The van der Waals surface area contributed by atoms with Crippen molar-refractivity contribution in [3.05, 3.63) is 24.2 Å². The molecule has 1 saturated heterocycles. The zero-order valence-electron chi connectivity index (χ0n) is 11.2. The Kier molecular flexibility index (Phi) is 4.07. The van der Waals surface area contributed by atoms with E-state index in [9.17, 15) is 4.79 Å². The van der Waals surface area contributed by atoms with E-state index in [-0.39, 0.29) is 17.4 Å². The smallest absolute Gasteiger partial charge is 0.228 e. The number of furan rings is 1. The van der Waals surface area contributed by atoms with Gasteiger partial charge in [-0.3, -0.25) is 4.79 Å². The Morgan fingerprint density at radius 1 is 1.67 bits per heavy atom. The van der Waals surface area contributed by atoms with E-state index in [1.54, 1.807) is 6.26 Å². The Bertz CT molecular complexity index is 381. The van der Waals surface area contributed by atoms with E-state index in [0.717, 1.165) is 38.1 Å². The molecular weight excluding hydrogens is 228 g/mol. The zero-order valence-corrected chi connectivity index (χ0v) is 11.2. The SMILES string of the molecule is CCCC1(C(=O)N[C@@H](C)c2ccco2)CCNC1. The molecule has 4 heteroatoms. The summed E-state index contributed by atoms with van der Waals surface area (Å²) < 4.78 is 5.32. The van der Waals surface area contributed by atoms with Crippen LogP contribution in [0.25, 0.3) is 0 Å². The molecule has 1 fully saturated rings. The summed E-state index contributed by atoms with van der Waals surface area (Å²) in [6, 6.07) is 3.67. The van der Waals surface area contributed by atoms with Gasteiger partial charge in [-0.15, -0.1) is 0 Å². The summed E-state index contributed by atoms with van der Waals surface area (Å²) in [5.74, 6) is 0.958. The summed E-state index contributed by atoms with van der Waals surface area (Å²) in [4.78, 5) is 12.5. The molecule has 1 unspecified atom stereocenters. The van der Waals surface area contributed by atoms with Gasteiger partial charge in [0.05, 0.1) is 17.7 Å². The maximum atomic E-state index is 12.5. The van der Waals surface area contributed by atoms with Gasteiger partial charge in [-0.1, -0.05) is 13.3 Å². The molecule has 0 spiro atoms. The summed E-state index contributed by atoms with van der Waals surface area (Å²) in [7, 11) is 0. The van der Waals surface area contributed by atoms with Gasteiger partial charge in [0.1, 0.15) is 5.76 Å². The summed E-state index contributed by atoms with van der Waals surface area (Å²) in [6.07, 6.45) is 4.54. The van der Waals surface area contributed by atoms with Gasteiger partial charge in [-0.25, -0.2) is 0 Å². The van der Waals surface area contributed by atoms with E-state index >= 15 is 0 Å². The van der Waals surface area contributed by atoms with Crippen molar-refractivity contribution < 1.29 is 9.21 Å². The fraction of sp³-hybridized carbons (Fsp3) is 0.643. The molecule has 0 radical (unpaired) electrons. The van der Waals surface area contributed by atoms with Crippen LogP contribution in [-0.2, 0) is 4.79 Å². The molecule has 18 heavy (non-hydrogen) atoms. The third-order valence-electron chi connectivity index (χ3n) is 3.77. The third kappa shape index (κ3) is 2.58. The largest absolute Gasteiger partial charge is 0.467 e. The molecule has 2 heterocycles. The van der Waals surface area contributed by atoms with Gasteiger partial charge in [0.25, 0.3) is 0 Å². The van der Waals surface area contributed by atoms with Crippen molar-refractivity contribution in [2.45, 2.75) is 39.2 Å². The van der Waals surface area contributed by atoms with Crippen molar-refractivity contribution in [3.8, 4) is 0 Å². The van der Waals surface area contributed by atoms with Crippen LogP contribution in [0.3, 0.4) is 0 Å². The summed E-state index contributed by atoms with van der Waals surface area (Å²) >= 11 is 0. The zero-order chi connectivity index (χ0) is 13.0. The number of carbonyl (C=O) groups excluding carboxylic acids is 1. The summed E-state index contributed by atoms with van der Waals surface area (Å²) in [5, 5.41) is 6.38. The molecule has 1 aliphatic rings. The molecule has 2 rings (SSSR count). The van der Waals surface area contributed by atoms with Crippen LogP contribution in [0, 0.1) is 5.41 Å². The molecule has 100 valence electrons. The predicted octanol–water partition coefficient (Wildman–Crippen LogP) is 2.24. The Hall–Kier alpha value is -1.29. The quantitative estimate of drug-likeness (QED) is 0.842. The van der Waals surface area contributed by atoms with E-state index in [0.29, 0.717) is 0 Å². The van der Waals surface area contributed by atoms with Crippen molar-refractivity contribution in [2.75, 3.05) is 13.1 Å². The van der Waals surface area contributed by atoms with E-state index in [1.807, 2.05) is 19.1 Å². The standard InChI is InChI=1S/C14H22N2O2/c1-3-6-14(7-8-15-10-14)13(17)16-11(2)12-5-4-9-18-12/h4-5,9,11,15H,3,6-8,10H2,1-2H3,(H,16,17)/t11-,14?/m0/s1. The molecule has 1 amide bonds. The van der Waals surface area contributed by atoms with E-state index in [4.69, 9.17) is 4.42 Å². The average molecular weight is 250 g/mol. The molecular formula is C14H22N2O2. The van der Waals surface area contributed by atoms with Crippen molar-refractivity contribution in [3.63, 3.8) is 0 Å². The number of nitrogens with one attached hydrogen (secondary N) is 2. The molecule has 2 atom stereocenters. The van der Waals surface area contributed by atoms with Crippen molar-refractivity contribution in [2.24, 2.45) is 5.41 Å². The van der Waals surface area contributed by atoms with E-state index in [1.165, 1.54) is 0 Å². The van der Waals surface area contributed by atoms with E-state index in [2.05, 4.69) is 17.6 Å². The molecule has 1 aliphatic heterocycles. The molecule has 0 aromatic carbocycles. The van der Waals surface area contributed by atoms with Crippen LogP contribution in [-0.4, -0.2) is 19.0 Å². The number of carbonyl (C=O) groups is 1. The fourth-order valence-electron chi connectivity index (χ4n) is 2.70. The highest BCUT2D eigenvalue weighted by atomic mass is 16.3. The number of hydrogen-bond acceptors (Lipinski definition) is 3. The Labute approximate surface area is 108 Å². The maximum absolute atomic E-state index is 12.5. The van der Waals surface area contributed by atoms with Crippen LogP contribution in [0.1, 0.15) is 44.9 Å². The topological polar surface area (TPSA) is 54.3 Å². The Morgan fingerprint density at radius 3 is 3.06 bits per heavy atom. The minimum atomic E-state index is -0.227. The van der Waals surface area contributed by atoms with Crippen LogP contribution in [0.15, 0.2) is 22.8 Å². The van der Waals surface area contributed by atoms with Gasteiger partial charge in [-0.05, 0) is 38.4 Å². The van der Waals surface area contributed by atoms with Gasteiger partial charge in [-0.2, -0.15) is 0 Å². The maximum Gasteiger partial charge on any atom is 0.228 e. The Morgan fingerprint density at radius 2 is 2.50 bits per heavy atom. The molecule has 1 aromatic heterocycles. The lowest BCUT2D eigenvalue weighted by atomic mass is 9.81. The number of amides is 1. The predicted molar refractivity (Wildman–Crippen MR) is 70.1 cm³/mol. The number of rotatable bonds is 5.